The van der Waals surface area contributed by atoms with Gasteiger partial charge in [0.15, 0.2) is 0 Å². The van der Waals surface area contributed by atoms with Crippen LogP contribution in [0.15, 0.2) is 48.8 Å². The van der Waals surface area contributed by atoms with Crippen LogP contribution >= 0.6 is 0 Å². The first-order chi connectivity index (χ1) is 5.95. The van der Waals surface area contributed by atoms with Crippen LogP contribution in [0.5, 0.6) is 0 Å². The fourth-order valence-corrected chi connectivity index (χ4v) is 0.980. The molecule has 60 valence electrons. The van der Waals surface area contributed by atoms with E-state index in [9.17, 15) is 0 Å². The standard InChI is InChI=1S/C9H9N3/c1-2-5-9(6-3-1)11-12-8-4-7-10-12/h1-8,11H. The molecule has 0 aliphatic rings. The highest BCUT2D eigenvalue weighted by Crippen LogP contribution is 2.04. The Balaban J connectivity index is 2.15. The van der Waals surface area contributed by atoms with Crippen LogP contribution < -0.4 is 5.43 Å². The van der Waals surface area contributed by atoms with Gasteiger partial charge in [0.1, 0.15) is 0 Å². The Hall–Kier alpha value is -1.77. The zero-order chi connectivity index (χ0) is 8.23. The van der Waals surface area contributed by atoms with Crippen LogP contribution in [0.4, 0.5) is 5.69 Å². The van der Waals surface area contributed by atoms with Gasteiger partial charge in [-0.1, -0.05) is 18.2 Å². The Labute approximate surface area is 70.6 Å². The molecule has 0 unspecified atom stereocenters. The third-order valence-corrected chi connectivity index (χ3v) is 1.52. The molecule has 0 saturated carbocycles. The molecule has 12 heavy (non-hydrogen) atoms. The third kappa shape index (κ3) is 1.45. The van der Waals surface area contributed by atoms with Crippen molar-refractivity contribution in [3.05, 3.63) is 48.8 Å². The van der Waals surface area contributed by atoms with E-state index in [-0.39, 0.29) is 0 Å². The average molecular weight is 159 g/mol. The van der Waals surface area contributed by atoms with Gasteiger partial charge in [0.2, 0.25) is 0 Å². The van der Waals surface area contributed by atoms with Crippen LogP contribution in [-0.2, 0) is 0 Å². The maximum absolute atomic E-state index is 4.02. The van der Waals surface area contributed by atoms with Crippen LogP contribution in [0.25, 0.3) is 0 Å². The summed E-state index contributed by atoms with van der Waals surface area (Å²) >= 11 is 0. The van der Waals surface area contributed by atoms with Crippen molar-refractivity contribution < 1.29 is 0 Å². The number of hydrogen-bond acceptors (Lipinski definition) is 2. The molecule has 0 bridgehead atoms. The largest absolute Gasteiger partial charge is 0.278 e. The quantitative estimate of drug-likeness (QED) is 0.723. The van der Waals surface area contributed by atoms with Crippen LogP contribution in [0.3, 0.4) is 0 Å². The highest BCUT2D eigenvalue weighted by molar-refractivity contribution is 5.41. The smallest absolute Gasteiger partial charge is 0.0561 e. The minimum Gasteiger partial charge on any atom is -0.278 e. The van der Waals surface area contributed by atoms with Gasteiger partial charge in [-0.15, -0.1) is 0 Å². The number of hydrogen-bond donors (Lipinski definition) is 1. The summed E-state index contributed by atoms with van der Waals surface area (Å²) in [4.78, 5) is 1.66. The first-order valence-electron chi connectivity index (χ1n) is 3.77. The molecule has 1 aromatic carbocycles. The van der Waals surface area contributed by atoms with Crippen molar-refractivity contribution in [3.8, 4) is 0 Å². The summed E-state index contributed by atoms with van der Waals surface area (Å²) in [5.41, 5.74) is 4.12. The molecule has 1 N–H and O–H groups in total. The topological polar surface area (TPSA) is 29.9 Å². The zero-order valence-electron chi connectivity index (χ0n) is 6.51. The summed E-state index contributed by atoms with van der Waals surface area (Å²) in [6.45, 7) is 0. The van der Waals surface area contributed by atoms with Crippen LogP contribution in [0, 0.1) is 0 Å². The predicted octanol–water partition coefficient (Wildman–Crippen LogP) is 1.76. The van der Waals surface area contributed by atoms with E-state index in [2.05, 4.69) is 10.5 Å². The molecule has 3 nitrogen and oxygen atoms in total. The molecule has 2 aromatic rings. The summed E-state index contributed by atoms with van der Waals surface area (Å²) in [5, 5.41) is 4.02. The Morgan fingerprint density at radius 2 is 1.92 bits per heavy atom. The third-order valence-electron chi connectivity index (χ3n) is 1.52. The van der Waals surface area contributed by atoms with Gasteiger partial charge < -0.3 is 0 Å². The van der Waals surface area contributed by atoms with Crippen molar-refractivity contribution in [3.63, 3.8) is 0 Å². The van der Waals surface area contributed by atoms with Gasteiger partial charge in [-0.25, -0.2) is 0 Å². The Morgan fingerprint density at radius 3 is 2.58 bits per heavy atom. The van der Waals surface area contributed by atoms with E-state index < -0.39 is 0 Å². The van der Waals surface area contributed by atoms with Gasteiger partial charge in [0.05, 0.1) is 11.9 Å². The first kappa shape index (κ1) is 6.91. The Bertz CT molecular complexity index is 326. The van der Waals surface area contributed by atoms with Gasteiger partial charge in [-0.3, -0.25) is 5.43 Å². The van der Waals surface area contributed by atoms with Crippen molar-refractivity contribution in [2.24, 2.45) is 0 Å². The lowest BCUT2D eigenvalue weighted by Gasteiger charge is -2.03. The molecule has 3 heteroatoms. The normalized spacial score (nSPS) is 9.67. The van der Waals surface area contributed by atoms with E-state index in [0.717, 1.165) is 5.69 Å². The summed E-state index contributed by atoms with van der Waals surface area (Å²) in [6.07, 6.45) is 3.59. The summed E-state index contributed by atoms with van der Waals surface area (Å²) in [7, 11) is 0. The van der Waals surface area contributed by atoms with E-state index in [4.69, 9.17) is 0 Å². The number of nitrogens with zero attached hydrogens (tertiary/aromatic N) is 2. The maximum Gasteiger partial charge on any atom is 0.0561 e. The monoisotopic (exact) mass is 159 g/mol. The second-order valence-corrected chi connectivity index (χ2v) is 2.43. The first-order valence-corrected chi connectivity index (χ1v) is 3.77. The molecule has 0 spiro atoms. The molecule has 0 atom stereocenters. The number of para-hydroxylation sites is 1. The number of anilines is 1. The molecule has 1 aromatic heterocycles. The second kappa shape index (κ2) is 3.09. The van der Waals surface area contributed by atoms with E-state index >= 15 is 0 Å². The number of aromatic nitrogens is 2. The van der Waals surface area contributed by atoms with Gasteiger partial charge >= 0.3 is 0 Å². The molecular formula is C9H9N3. The van der Waals surface area contributed by atoms with E-state index in [0.29, 0.717) is 0 Å². The highest BCUT2D eigenvalue weighted by atomic mass is 15.5. The SMILES string of the molecule is c1ccc(Nn2cccn2)cc1. The maximum atomic E-state index is 4.02. The lowest BCUT2D eigenvalue weighted by Crippen LogP contribution is -2.08. The fourth-order valence-electron chi connectivity index (χ4n) is 0.980. The fraction of sp³-hybridized carbons (Fsp3) is 0. The summed E-state index contributed by atoms with van der Waals surface area (Å²) < 4.78 is 0. The van der Waals surface area contributed by atoms with Crippen LogP contribution in [0.1, 0.15) is 0 Å². The summed E-state index contributed by atoms with van der Waals surface area (Å²) in [5.74, 6) is 0. The number of nitrogens with one attached hydrogen (secondary N) is 1. The highest BCUT2D eigenvalue weighted by Gasteiger charge is 1.88. The van der Waals surface area contributed by atoms with Crippen molar-refractivity contribution >= 4 is 5.69 Å². The second-order valence-electron chi connectivity index (χ2n) is 2.43. The van der Waals surface area contributed by atoms with Gasteiger partial charge in [-0.05, 0) is 18.2 Å². The summed E-state index contributed by atoms with van der Waals surface area (Å²) in [6, 6.07) is 11.8. The average Bonchev–Trinajstić information content (AvgIpc) is 2.59. The molecule has 0 aliphatic heterocycles. The van der Waals surface area contributed by atoms with Crippen LogP contribution in [0.2, 0.25) is 0 Å². The molecule has 0 amide bonds. The molecule has 1 heterocycles. The number of rotatable bonds is 2. The van der Waals surface area contributed by atoms with Gasteiger partial charge in [0, 0.05) is 6.20 Å². The molecule has 0 aliphatic carbocycles. The van der Waals surface area contributed by atoms with Gasteiger partial charge in [0.25, 0.3) is 0 Å². The minimum absolute atomic E-state index is 1.03. The number of benzene rings is 1. The van der Waals surface area contributed by atoms with Gasteiger partial charge in [-0.2, -0.15) is 9.89 Å². The molecule has 2 rings (SSSR count). The molecule has 0 saturated heterocycles. The molecular weight excluding hydrogens is 150 g/mol. The lowest BCUT2D eigenvalue weighted by atomic mass is 10.3. The zero-order valence-corrected chi connectivity index (χ0v) is 6.51. The minimum atomic E-state index is 1.03. The van der Waals surface area contributed by atoms with Crippen molar-refractivity contribution in [1.29, 1.82) is 0 Å². The van der Waals surface area contributed by atoms with Crippen molar-refractivity contribution in [2.75, 3.05) is 5.43 Å². The van der Waals surface area contributed by atoms with E-state index in [1.54, 1.807) is 11.0 Å². The molecule has 0 fully saturated rings. The predicted molar refractivity (Wildman–Crippen MR) is 47.7 cm³/mol. The van der Waals surface area contributed by atoms with Crippen molar-refractivity contribution in [2.45, 2.75) is 0 Å². The van der Waals surface area contributed by atoms with Crippen LogP contribution in [-0.4, -0.2) is 9.89 Å². The van der Waals surface area contributed by atoms with E-state index in [1.165, 1.54) is 0 Å². The Kier molecular flexibility index (Phi) is 1.78. The lowest BCUT2D eigenvalue weighted by molar-refractivity contribution is 0.804. The van der Waals surface area contributed by atoms with E-state index in [1.807, 2.05) is 42.6 Å². The Morgan fingerprint density at radius 1 is 1.08 bits per heavy atom. The van der Waals surface area contributed by atoms with Crippen molar-refractivity contribution in [1.82, 2.24) is 9.89 Å². The molecule has 0 radical (unpaired) electrons.